The van der Waals surface area contributed by atoms with Crippen LogP contribution in [0.5, 0.6) is 0 Å². The fraction of sp³-hybridized carbons (Fsp3) is 0.333. The number of nitrogens with one attached hydrogen (secondary N) is 1. The van der Waals surface area contributed by atoms with E-state index in [0.29, 0.717) is 6.54 Å². The van der Waals surface area contributed by atoms with Crippen LogP contribution in [0.3, 0.4) is 0 Å². The molecule has 1 fully saturated rings. The summed E-state index contributed by atoms with van der Waals surface area (Å²) in [5.74, 6) is -0.468. The Balaban J connectivity index is 1.55. The van der Waals surface area contributed by atoms with Gasteiger partial charge in [0.2, 0.25) is 5.91 Å². The molecule has 1 aliphatic heterocycles. The number of hydrogen-bond donors (Lipinski definition) is 1. The van der Waals surface area contributed by atoms with Crippen LogP contribution in [0.1, 0.15) is 36.9 Å². The van der Waals surface area contributed by atoms with Gasteiger partial charge in [-0.3, -0.25) is 4.79 Å². The average Bonchev–Trinajstić information content (AvgIpc) is 3.17. The lowest BCUT2D eigenvalue weighted by atomic mass is 10.0. The van der Waals surface area contributed by atoms with Gasteiger partial charge in [0, 0.05) is 6.54 Å². The van der Waals surface area contributed by atoms with Gasteiger partial charge in [0.05, 0.1) is 6.04 Å². The molecule has 142 valence electrons. The summed E-state index contributed by atoms with van der Waals surface area (Å²) in [7, 11) is 0. The summed E-state index contributed by atoms with van der Waals surface area (Å²) in [6, 6.07) is 14.8. The van der Waals surface area contributed by atoms with Gasteiger partial charge in [0.25, 0.3) is 0 Å². The molecule has 0 bridgehead atoms. The molecule has 27 heavy (non-hydrogen) atoms. The number of benzene rings is 2. The Hall–Kier alpha value is -2.89. The molecule has 1 aliphatic rings. The number of amides is 2. The third-order valence-corrected chi connectivity index (χ3v) is 4.71. The van der Waals surface area contributed by atoms with E-state index >= 15 is 0 Å². The minimum atomic E-state index is -0.700. The van der Waals surface area contributed by atoms with Crippen LogP contribution in [0, 0.1) is 5.82 Å². The Bertz CT molecular complexity index is 780. The summed E-state index contributed by atoms with van der Waals surface area (Å²) in [5, 5.41) is 2.60. The zero-order valence-corrected chi connectivity index (χ0v) is 15.2. The van der Waals surface area contributed by atoms with Crippen molar-refractivity contribution in [1.82, 2.24) is 10.2 Å². The monoisotopic (exact) mass is 370 g/mol. The smallest absolute Gasteiger partial charge is 0.408 e. The van der Waals surface area contributed by atoms with Crippen molar-refractivity contribution >= 4 is 12.0 Å². The average molecular weight is 370 g/mol. The second-order valence-electron chi connectivity index (χ2n) is 6.67. The maximum Gasteiger partial charge on any atom is 0.408 e. The predicted octanol–water partition coefficient (Wildman–Crippen LogP) is 3.80. The third-order valence-electron chi connectivity index (χ3n) is 4.71. The van der Waals surface area contributed by atoms with Crippen LogP contribution >= 0.6 is 0 Å². The van der Waals surface area contributed by atoms with Gasteiger partial charge in [-0.2, -0.15) is 0 Å². The molecule has 1 N–H and O–H groups in total. The highest BCUT2D eigenvalue weighted by Crippen LogP contribution is 2.32. The normalized spacial score (nSPS) is 17.4. The second kappa shape index (κ2) is 8.66. The Morgan fingerprint density at radius 1 is 1.19 bits per heavy atom. The molecule has 0 aromatic heterocycles. The largest absolute Gasteiger partial charge is 0.445 e. The zero-order valence-electron chi connectivity index (χ0n) is 15.2. The highest BCUT2D eigenvalue weighted by molar-refractivity contribution is 5.85. The van der Waals surface area contributed by atoms with Crippen molar-refractivity contribution < 1.29 is 18.7 Å². The molecule has 0 saturated carbocycles. The molecule has 1 saturated heterocycles. The van der Waals surface area contributed by atoms with E-state index in [-0.39, 0.29) is 24.4 Å². The summed E-state index contributed by atoms with van der Waals surface area (Å²) >= 11 is 0. The summed E-state index contributed by atoms with van der Waals surface area (Å²) in [6.07, 6.45) is 1.07. The van der Waals surface area contributed by atoms with E-state index in [9.17, 15) is 14.0 Å². The minimum absolute atomic E-state index is 0.0947. The summed E-state index contributed by atoms with van der Waals surface area (Å²) in [5.41, 5.74) is 1.78. The van der Waals surface area contributed by atoms with E-state index < -0.39 is 12.1 Å². The van der Waals surface area contributed by atoms with Crippen molar-refractivity contribution in [2.24, 2.45) is 0 Å². The molecule has 5 nitrogen and oxygen atoms in total. The molecule has 0 unspecified atom stereocenters. The Morgan fingerprint density at radius 3 is 2.59 bits per heavy atom. The highest BCUT2D eigenvalue weighted by Gasteiger charge is 2.33. The van der Waals surface area contributed by atoms with Crippen molar-refractivity contribution in [2.75, 3.05) is 6.54 Å². The van der Waals surface area contributed by atoms with Crippen LogP contribution < -0.4 is 5.32 Å². The Morgan fingerprint density at radius 2 is 1.89 bits per heavy atom. The summed E-state index contributed by atoms with van der Waals surface area (Å²) in [6.45, 7) is 2.41. The lowest BCUT2D eigenvalue weighted by Gasteiger charge is -2.28. The first-order valence-corrected chi connectivity index (χ1v) is 9.08. The van der Waals surface area contributed by atoms with Crippen LogP contribution in [0.4, 0.5) is 9.18 Å². The van der Waals surface area contributed by atoms with E-state index in [1.165, 1.54) is 12.1 Å². The number of likely N-dealkylation sites (tertiary alicyclic amines) is 1. The zero-order chi connectivity index (χ0) is 19.2. The van der Waals surface area contributed by atoms with Gasteiger partial charge in [0.15, 0.2) is 0 Å². The van der Waals surface area contributed by atoms with Crippen molar-refractivity contribution in [3.8, 4) is 0 Å². The first-order chi connectivity index (χ1) is 13.0. The van der Waals surface area contributed by atoms with Crippen LogP contribution in [-0.4, -0.2) is 29.5 Å². The number of carbonyl (C=O) groups is 2. The van der Waals surface area contributed by atoms with Gasteiger partial charge in [-0.1, -0.05) is 42.5 Å². The molecule has 2 aromatic rings. The second-order valence-corrected chi connectivity index (χ2v) is 6.67. The van der Waals surface area contributed by atoms with Crippen molar-refractivity contribution in [3.63, 3.8) is 0 Å². The Kier molecular flexibility index (Phi) is 6.06. The van der Waals surface area contributed by atoms with Gasteiger partial charge >= 0.3 is 6.09 Å². The molecular weight excluding hydrogens is 347 g/mol. The topological polar surface area (TPSA) is 58.6 Å². The van der Waals surface area contributed by atoms with Crippen molar-refractivity contribution in [1.29, 1.82) is 0 Å². The van der Waals surface area contributed by atoms with Crippen LogP contribution in [0.25, 0.3) is 0 Å². The predicted molar refractivity (Wildman–Crippen MR) is 99.3 cm³/mol. The van der Waals surface area contributed by atoms with Gasteiger partial charge in [-0.05, 0) is 43.0 Å². The molecule has 3 rings (SSSR count). The number of rotatable bonds is 5. The number of alkyl carbamates (subject to hydrolysis) is 1. The standard InChI is InChI=1S/C21H23FN2O3/c1-15(23-21(26)27-14-16-6-3-2-4-7-16)20(25)24-13-5-8-19(24)17-9-11-18(22)12-10-17/h2-4,6-7,9-12,15,19H,5,8,13-14H2,1H3,(H,23,26)/t15-,19+/m0/s1. The molecule has 2 aromatic carbocycles. The lowest BCUT2D eigenvalue weighted by Crippen LogP contribution is -2.46. The van der Waals surface area contributed by atoms with Crippen LogP contribution in [-0.2, 0) is 16.1 Å². The van der Waals surface area contributed by atoms with Gasteiger partial charge < -0.3 is 15.0 Å². The van der Waals surface area contributed by atoms with E-state index in [1.54, 1.807) is 24.0 Å². The third kappa shape index (κ3) is 4.84. The summed E-state index contributed by atoms with van der Waals surface area (Å²) < 4.78 is 18.3. The Labute approximate surface area is 158 Å². The number of carbonyl (C=O) groups excluding carboxylic acids is 2. The summed E-state index contributed by atoms with van der Waals surface area (Å²) in [4.78, 5) is 26.5. The van der Waals surface area contributed by atoms with Crippen LogP contribution in [0.2, 0.25) is 0 Å². The highest BCUT2D eigenvalue weighted by atomic mass is 19.1. The quantitative estimate of drug-likeness (QED) is 0.871. The lowest BCUT2D eigenvalue weighted by molar-refractivity contribution is -0.133. The van der Waals surface area contributed by atoms with Gasteiger partial charge in [-0.15, -0.1) is 0 Å². The molecule has 2 amide bonds. The van der Waals surface area contributed by atoms with Crippen LogP contribution in [0.15, 0.2) is 54.6 Å². The van der Waals surface area contributed by atoms with E-state index in [4.69, 9.17) is 4.74 Å². The fourth-order valence-corrected chi connectivity index (χ4v) is 3.31. The molecule has 2 atom stereocenters. The first kappa shape index (κ1) is 18.9. The van der Waals surface area contributed by atoms with Gasteiger partial charge in [-0.25, -0.2) is 9.18 Å². The molecule has 1 heterocycles. The molecule has 0 radical (unpaired) electrons. The minimum Gasteiger partial charge on any atom is -0.445 e. The maximum atomic E-state index is 13.2. The van der Waals surface area contributed by atoms with Crippen molar-refractivity contribution in [2.45, 2.75) is 38.5 Å². The number of halogens is 1. The maximum absolute atomic E-state index is 13.2. The first-order valence-electron chi connectivity index (χ1n) is 9.08. The number of ether oxygens (including phenoxy) is 1. The van der Waals surface area contributed by atoms with Crippen molar-refractivity contribution in [3.05, 3.63) is 71.5 Å². The molecule has 0 aliphatic carbocycles. The van der Waals surface area contributed by atoms with E-state index in [1.807, 2.05) is 30.3 Å². The number of hydrogen-bond acceptors (Lipinski definition) is 3. The SMILES string of the molecule is C[C@H](NC(=O)OCc1ccccc1)C(=O)N1CCC[C@@H]1c1ccc(F)cc1. The number of nitrogens with zero attached hydrogens (tertiary/aromatic N) is 1. The molecule has 6 heteroatoms. The van der Waals surface area contributed by atoms with Gasteiger partial charge in [0.1, 0.15) is 18.5 Å². The molecule has 0 spiro atoms. The van der Waals surface area contributed by atoms with E-state index in [2.05, 4.69) is 5.32 Å². The van der Waals surface area contributed by atoms with E-state index in [0.717, 1.165) is 24.0 Å². The fourth-order valence-electron chi connectivity index (χ4n) is 3.31. The molecular formula is C21H23FN2O3.